The van der Waals surface area contributed by atoms with Gasteiger partial charge in [0, 0.05) is 6.61 Å². The Kier molecular flexibility index (Phi) is 15.5. The molecule has 1 unspecified atom stereocenters. The molecule has 0 aliphatic rings. The van der Waals surface area contributed by atoms with E-state index in [4.69, 9.17) is 8.85 Å². The molecule has 2 nitrogen and oxygen atoms in total. The topological polar surface area (TPSA) is 18.5 Å². The first kappa shape index (κ1) is 26.4. The van der Waals surface area contributed by atoms with Gasteiger partial charge in [-0.2, -0.15) is 0 Å². The van der Waals surface area contributed by atoms with Gasteiger partial charge in [-0.1, -0.05) is 121 Å². The van der Waals surface area contributed by atoms with Gasteiger partial charge in [0.15, 0.2) is 0 Å². The molecule has 0 N–H and O–H groups in total. The van der Waals surface area contributed by atoms with Crippen LogP contribution >= 0.6 is 0 Å². The molecule has 0 saturated heterocycles. The SMILES string of the molecule is CCCCCCCCCCCCCCCO[Si](C)(C)OC(CC)c1ccccc1. The van der Waals surface area contributed by atoms with Crippen LogP contribution in [0, 0.1) is 0 Å². The molecule has 1 rings (SSSR count). The lowest BCUT2D eigenvalue weighted by molar-refractivity contribution is 0.116. The minimum atomic E-state index is -2.07. The van der Waals surface area contributed by atoms with E-state index in [1.807, 2.05) is 0 Å². The number of hydrogen-bond donors (Lipinski definition) is 0. The molecule has 1 atom stereocenters. The van der Waals surface area contributed by atoms with E-state index in [-0.39, 0.29) is 6.10 Å². The predicted octanol–water partition coefficient (Wildman–Crippen LogP) is 8.96. The molecule has 0 radical (unpaired) electrons. The highest BCUT2D eigenvalue weighted by molar-refractivity contribution is 6.64. The Morgan fingerprint density at radius 3 is 1.66 bits per heavy atom. The summed E-state index contributed by atoms with van der Waals surface area (Å²) < 4.78 is 12.6. The third-order valence-corrected chi connectivity index (χ3v) is 7.42. The Bertz CT molecular complexity index is 475. The van der Waals surface area contributed by atoms with Crippen molar-refractivity contribution in [2.75, 3.05) is 6.61 Å². The molecule has 0 spiro atoms. The van der Waals surface area contributed by atoms with Crippen LogP contribution in [0.4, 0.5) is 0 Å². The van der Waals surface area contributed by atoms with Crippen molar-refractivity contribution in [3.63, 3.8) is 0 Å². The van der Waals surface area contributed by atoms with E-state index < -0.39 is 8.56 Å². The van der Waals surface area contributed by atoms with Crippen LogP contribution in [0.3, 0.4) is 0 Å². The van der Waals surface area contributed by atoms with E-state index in [9.17, 15) is 0 Å². The normalized spacial score (nSPS) is 13.0. The van der Waals surface area contributed by atoms with Crippen molar-refractivity contribution in [2.45, 2.75) is 123 Å². The molecule has 0 aliphatic heterocycles. The Morgan fingerprint density at radius 1 is 0.690 bits per heavy atom. The summed E-state index contributed by atoms with van der Waals surface area (Å²) in [6.45, 7) is 9.69. The Balaban J connectivity index is 1.99. The molecule has 0 heterocycles. The van der Waals surface area contributed by atoms with Gasteiger partial charge in [0.05, 0.1) is 6.10 Å². The lowest BCUT2D eigenvalue weighted by Gasteiger charge is -2.28. The van der Waals surface area contributed by atoms with Crippen LogP contribution in [0.1, 0.15) is 115 Å². The molecular formula is C26H48O2Si. The predicted molar refractivity (Wildman–Crippen MR) is 130 cm³/mol. The average molecular weight is 421 g/mol. The van der Waals surface area contributed by atoms with E-state index in [1.165, 1.54) is 89.0 Å². The van der Waals surface area contributed by atoms with Gasteiger partial charge in [0.1, 0.15) is 0 Å². The minimum absolute atomic E-state index is 0.157. The number of unbranched alkanes of at least 4 members (excludes halogenated alkanes) is 12. The summed E-state index contributed by atoms with van der Waals surface area (Å²) >= 11 is 0. The molecule has 168 valence electrons. The zero-order chi connectivity index (χ0) is 21.2. The third kappa shape index (κ3) is 14.1. The fraction of sp³-hybridized carbons (Fsp3) is 0.769. The Labute approximate surface area is 183 Å². The van der Waals surface area contributed by atoms with Crippen molar-refractivity contribution in [1.82, 2.24) is 0 Å². The van der Waals surface area contributed by atoms with Crippen molar-refractivity contribution in [3.05, 3.63) is 35.9 Å². The van der Waals surface area contributed by atoms with E-state index in [0.717, 1.165) is 13.0 Å². The van der Waals surface area contributed by atoms with E-state index >= 15 is 0 Å². The van der Waals surface area contributed by atoms with Crippen LogP contribution in [0.15, 0.2) is 30.3 Å². The van der Waals surface area contributed by atoms with Gasteiger partial charge in [0.25, 0.3) is 0 Å². The molecule has 0 saturated carbocycles. The maximum Gasteiger partial charge on any atom is 0.332 e. The maximum atomic E-state index is 6.40. The summed E-state index contributed by atoms with van der Waals surface area (Å²) in [7, 11) is -2.07. The minimum Gasteiger partial charge on any atom is -0.394 e. The van der Waals surface area contributed by atoms with Crippen molar-refractivity contribution in [2.24, 2.45) is 0 Å². The summed E-state index contributed by atoms with van der Waals surface area (Å²) in [5.41, 5.74) is 1.26. The van der Waals surface area contributed by atoms with Crippen molar-refractivity contribution in [3.8, 4) is 0 Å². The number of benzene rings is 1. The Morgan fingerprint density at radius 2 is 1.17 bits per heavy atom. The first-order valence-corrected chi connectivity index (χ1v) is 15.3. The molecule has 1 aromatic carbocycles. The second-order valence-corrected chi connectivity index (χ2v) is 12.2. The number of hydrogen-bond acceptors (Lipinski definition) is 2. The van der Waals surface area contributed by atoms with Crippen molar-refractivity contribution < 1.29 is 8.85 Å². The number of rotatable bonds is 19. The third-order valence-electron chi connectivity index (χ3n) is 5.67. The fourth-order valence-electron chi connectivity index (χ4n) is 3.87. The quantitative estimate of drug-likeness (QED) is 0.164. The van der Waals surface area contributed by atoms with E-state index in [2.05, 4.69) is 57.3 Å². The highest BCUT2D eigenvalue weighted by atomic mass is 28.4. The lowest BCUT2D eigenvalue weighted by atomic mass is 10.0. The molecule has 0 aliphatic carbocycles. The fourth-order valence-corrected chi connectivity index (χ4v) is 5.56. The standard InChI is InChI=1S/C26H48O2Si/c1-5-7-8-9-10-11-12-13-14-15-16-17-21-24-27-29(3,4)28-26(6-2)25-22-19-18-20-23-25/h18-20,22-23,26H,5-17,21,24H2,1-4H3. The van der Waals surface area contributed by atoms with Gasteiger partial charge in [-0.15, -0.1) is 0 Å². The maximum absolute atomic E-state index is 6.40. The van der Waals surface area contributed by atoms with Gasteiger partial charge >= 0.3 is 8.56 Å². The Hall–Kier alpha value is -0.643. The summed E-state index contributed by atoms with van der Waals surface area (Å²) in [5.74, 6) is 0. The molecule has 29 heavy (non-hydrogen) atoms. The summed E-state index contributed by atoms with van der Waals surface area (Å²) in [4.78, 5) is 0. The largest absolute Gasteiger partial charge is 0.394 e. The van der Waals surface area contributed by atoms with Crippen LogP contribution in [0.2, 0.25) is 13.1 Å². The molecule has 0 aromatic heterocycles. The van der Waals surface area contributed by atoms with Gasteiger partial charge < -0.3 is 8.85 Å². The molecule has 0 amide bonds. The van der Waals surface area contributed by atoms with Gasteiger partial charge in [-0.3, -0.25) is 0 Å². The molecule has 1 aromatic rings. The second kappa shape index (κ2) is 17.1. The van der Waals surface area contributed by atoms with Gasteiger partial charge in [-0.05, 0) is 31.5 Å². The first-order valence-electron chi connectivity index (χ1n) is 12.5. The molecule has 0 fully saturated rings. The van der Waals surface area contributed by atoms with E-state index in [1.54, 1.807) is 0 Å². The molecular weight excluding hydrogens is 372 g/mol. The highest BCUT2D eigenvalue weighted by Gasteiger charge is 2.28. The zero-order valence-corrected chi connectivity index (χ0v) is 20.9. The summed E-state index contributed by atoms with van der Waals surface area (Å²) in [6.07, 6.45) is 19.2. The van der Waals surface area contributed by atoms with Crippen LogP contribution in [-0.4, -0.2) is 15.2 Å². The summed E-state index contributed by atoms with van der Waals surface area (Å²) in [5, 5.41) is 0. The molecule has 0 bridgehead atoms. The van der Waals surface area contributed by atoms with Crippen molar-refractivity contribution >= 4 is 8.56 Å². The monoisotopic (exact) mass is 420 g/mol. The first-order chi connectivity index (χ1) is 14.1. The van der Waals surface area contributed by atoms with E-state index in [0.29, 0.717) is 0 Å². The van der Waals surface area contributed by atoms with Crippen molar-refractivity contribution in [1.29, 1.82) is 0 Å². The van der Waals surface area contributed by atoms with Crippen LogP contribution in [0.25, 0.3) is 0 Å². The lowest BCUT2D eigenvalue weighted by Crippen LogP contribution is -2.36. The highest BCUT2D eigenvalue weighted by Crippen LogP contribution is 2.26. The van der Waals surface area contributed by atoms with Crippen LogP contribution in [0.5, 0.6) is 0 Å². The zero-order valence-electron chi connectivity index (χ0n) is 19.9. The van der Waals surface area contributed by atoms with Gasteiger partial charge in [-0.25, -0.2) is 0 Å². The second-order valence-electron chi connectivity index (χ2n) is 8.92. The van der Waals surface area contributed by atoms with Crippen LogP contribution in [-0.2, 0) is 8.85 Å². The van der Waals surface area contributed by atoms with Gasteiger partial charge in [0.2, 0.25) is 0 Å². The average Bonchev–Trinajstić information content (AvgIpc) is 2.73. The smallest absolute Gasteiger partial charge is 0.332 e. The summed E-state index contributed by atoms with van der Waals surface area (Å²) in [6, 6.07) is 10.6. The van der Waals surface area contributed by atoms with Crippen LogP contribution < -0.4 is 0 Å². The molecule has 3 heteroatoms.